The minimum absolute atomic E-state index is 0.0456. The topological polar surface area (TPSA) is 52.6 Å². The molecule has 22 heavy (non-hydrogen) atoms. The first kappa shape index (κ1) is 15.3. The summed E-state index contributed by atoms with van der Waals surface area (Å²) in [4.78, 5) is 14.5. The SMILES string of the molecule is CCCC1CC1NC(=O)c1ccc(N2CCC(O)CC2)cc1. The number of anilines is 1. The third kappa shape index (κ3) is 3.61. The van der Waals surface area contributed by atoms with Crippen LogP contribution in [0, 0.1) is 5.92 Å². The molecule has 0 spiro atoms. The van der Waals surface area contributed by atoms with Gasteiger partial charge in [0.05, 0.1) is 6.10 Å². The maximum absolute atomic E-state index is 12.2. The van der Waals surface area contributed by atoms with E-state index in [-0.39, 0.29) is 12.0 Å². The molecular weight excluding hydrogens is 276 g/mol. The molecule has 2 atom stereocenters. The third-order valence-corrected chi connectivity index (χ3v) is 4.86. The first-order chi connectivity index (χ1) is 10.7. The summed E-state index contributed by atoms with van der Waals surface area (Å²) in [5, 5.41) is 12.7. The Hall–Kier alpha value is -1.55. The number of aliphatic hydroxyl groups excluding tert-OH is 1. The molecule has 0 radical (unpaired) electrons. The molecule has 1 aromatic rings. The molecule has 4 nitrogen and oxygen atoms in total. The first-order valence-corrected chi connectivity index (χ1v) is 8.51. The predicted molar refractivity (Wildman–Crippen MR) is 88.2 cm³/mol. The zero-order chi connectivity index (χ0) is 15.5. The molecule has 0 bridgehead atoms. The van der Waals surface area contributed by atoms with E-state index in [1.165, 1.54) is 12.8 Å². The van der Waals surface area contributed by atoms with E-state index in [9.17, 15) is 9.90 Å². The molecule has 1 aliphatic heterocycles. The largest absolute Gasteiger partial charge is 0.393 e. The number of hydrogen-bond acceptors (Lipinski definition) is 3. The summed E-state index contributed by atoms with van der Waals surface area (Å²) in [5.74, 6) is 0.734. The Balaban J connectivity index is 1.54. The number of nitrogens with zero attached hydrogens (tertiary/aromatic N) is 1. The molecule has 1 heterocycles. The number of piperidine rings is 1. The van der Waals surface area contributed by atoms with Crippen LogP contribution in [0.5, 0.6) is 0 Å². The number of carbonyl (C=O) groups excluding carboxylic acids is 1. The minimum Gasteiger partial charge on any atom is -0.393 e. The summed E-state index contributed by atoms with van der Waals surface area (Å²) in [7, 11) is 0. The Bertz CT molecular complexity index is 506. The summed E-state index contributed by atoms with van der Waals surface area (Å²) in [6, 6.07) is 8.24. The highest BCUT2D eigenvalue weighted by atomic mass is 16.3. The Kier molecular flexibility index (Phi) is 4.67. The summed E-state index contributed by atoms with van der Waals surface area (Å²) in [6.07, 6.45) is 5.02. The molecule has 4 heteroatoms. The van der Waals surface area contributed by atoms with Gasteiger partial charge < -0.3 is 15.3 Å². The smallest absolute Gasteiger partial charge is 0.251 e. The molecule has 2 aliphatic rings. The molecule has 1 saturated carbocycles. The Labute approximate surface area is 132 Å². The lowest BCUT2D eigenvalue weighted by atomic mass is 10.1. The third-order valence-electron chi connectivity index (χ3n) is 4.86. The highest BCUT2D eigenvalue weighted by Crippen LogP contribution is 2.34. The van der Waals surface area contributed by atoms with E-state index in [0.717, 1.165) is 43.6 Å². The predicted octanol–water partition coefficient (Wildman–Crippen LogP) is 2.57. The van der Waals surface area contributed by atoms with Crippen LogP contribution >= 0.6 is 0 Å². The fourth-order valence-electron chi connectivity index (χ4n) is 3.31. The Morgan fingerprint density at radius 2 is 1.95 bits per heavy atom. The highest BCUT2D eigenvalue weighted by Gasteiger charge is 2.37. The van der Waals surface area contributed by atoms with E-state index in [2.05, 4.69) is 17.1 Å². The van der Waals surface area contributed by atoms with Gasteiger partial charge in [0.15, 0.2) is 0 Å². The second-order valence-electron chi connectivity index (χ2n) is 6.63. The normalized spacial score (nSPS) is 25.1. The molecule has 2 N–H and O–H groups in total. The lowest BCUT2D eigenvalue weighted by Gasteiger charge is -2.31. The van der Waals surface area contributed by atoms with Gasteiger partial charge in [-0.05, 0) is 55.9 Å². The van der Waals surface area contributed by atoms with Crippen molar-refractivity contribution in [1.29, 1.82) is 0 Å². The van der Waals surface area contributed by atoms with E-state index >= 15 is 0 Å². The Morgan fingerprint density at radius 1 is 1.27 bits per heavy atom. The molecule has 1 aliphatic carbocycles. The van der Waals surface area contributed by atoms with Crippen molar-refractivity contribution in [2.75, 3.05) is 18.0 Å². The zero-order valence-corrected chi connectivity index (χ0v) is 13.3. The molecule has 2 unspecified atom stereocenters. The average Bonchev–Trinajstić information content (AvgIpc) is 3.26. The van der Waals surface area contributed by atoms with Crippen molar-refractivity contribution in [2.45, 2.75) is 51.2 Å². The Morgan fingerprint density at radius 3 is 2.59 bits per heavy atom. The molecule has 0 aromatic heterocycles. The van der Waals surface area contributed by atoms with Crippen LogP contribution in [0.4, 0.5) is 5.69 Å². The lowest BCUT2D eigenvalue weighted by Crippen LogP contribution is -2.35. The summed E-state index contributed by atoms with van der Waals surface area (Å²) in [6.45, 7) is 3.95. The number of rotatable bonds is 5. The van der Waals surface area contributed by atoms with Crippen LogP contribution in [0.1, 0.15) is 49.4 Å². The summed E-state index contributed by atoms with van der Waals surface area (Å²) >= 11 is 0. The number of carbonyl (C=O) groups is 1. The van der Waals surface area contributed by atoms with Crippen molar-refractivity contribution < 1.29 is 9.90 Å². The van der Waals surface area contributed by atoms with Crippen LogP contribution in [0.3, 0.4) is 0 Å². The van der Waals surface area contributed by atoms with Crippen LogP contribution in [0.2, 0.25) is 0 Å². The van der Waals surface area contributed by atoms with Gasteiger partial charge in [-0.3, -0.25) is 4.79 Å². The van der Waals surface area contributed by atoms with Crippen LogP contribution < -0.4 is 10.2 Å². The number of hydrogen-bond donors (Lipinski definition) is 2. The molecule has 1 amide bonds. The number of nitrogens with one attached hydrogen (secondary N) is 1. The quantitative estimate of drug-likeness (QED) is 0.879. The van der Waals surface area contributed by atoms with E-state index < -0.39 is 0 Å². The number of aliphatic hydroxyl groups is 1. The van der Waals surface area contributed by atoms with E-state index in [4.69, 9.17) is 0 Å². The second-order valence-corrected chi connectivity index (χ2v) is 6.63. The molecule has 3 rings (SSSR count). The van der Waals surface area contributed by atoms with E-state index in [1.807, 2.05) is 24.3 Å². The fraction of sp³-hybridized carbons (Fsp3) is 0.611. The molecule has 2 fully saturated rings. The highest BCUT2D eigenvalue weighted by molar-refractivity contribution is 5.94. The van der Waals surface area contributed by atoms with E-state index in [1.54, 1.807) is 0 Å². The minimum atomic E-state index is -0.157. The molecule has 1 saturated heterocycles. The molecule has 120 valence electrons. The van der Waals surface area contributed by atoms with Gasteiger partial charge in [-0.25, -0.2) is 0 Å². The van der Waals surface area contributed by atoms with Crippen LogP contribution in [0.25, 0.3) is 0 Å². The van der Waals surface area contributed by atoms with Gasteiger partial charge in [0.2, 0.25) is 0 Å². The second kappa shape index (κ2) is 6.69. The van der Waals surface area contributed by atoms with Crippen molar-refractivity contribution in [3.63, 3.8) is 0 Å². The number of benzene rings is 1. The van der Waals surface area contributed by atoms with Gasteiger partial charge in [-0.15, -0.1) is 0 Å². The lowest BCUT2D eigenvalue weighted by molar-refractivity contribution is 0.0949. The molecular formula is C18H26N2O2. The van der Waals surface area contributed by atoms with Gasteiger partial charge in [0.25, 0.3) is 5.91 Å². The van der Waals surface area contributed by atoms with Gasteiger partial charge in [0.1, 0.15) is 0 Å². The number of amides is 1. The van der Waals surface area contributed by atoms with Crippen LogP contribution in [0.15, 0.2) is 24.3 Å². The average molecular weight is 302 g/mol. The summed E-state index contributed by atoms with van der Waals surface area (Å²) in [5.41, 5.74) is 1.88. The van der Waals surface area contributed by atoms with Crippen LogP contribution in [-0.2, 0) is 0 Å². The molecule has 1 aromatic carbocycles. The first-order valence-electron chi connectivity index (χ1n) is 8.51. The maximum atomic E-state index is 12.2. The van der Waals surface area contributed by atoms with Gasteiger partial charge in [0, 0.05) is 30.4 Å². The maximum Gasteiger partial charge on any atom is 0.251 e. The summed E-state index contributed by atoms with van der Waals surface area (Å²) < 4.78 is 0. The van der Waals surface area contributed by atoms with Gasteiger partial charge in [-0.2, -0.15) is 0 Å². The van der Waals surface area contributed by atoms with E-state index in [0.29, 0.717) is 12.0 Å². The van der Waals surface area contributed by atoms with Crippen molar-refractivity contribution in [1.82, 2.24) is 5.32 Å². The van der Waals surface area contributed by atoms with Gasteiger partial charge in [-0.1, -0.05) is 13.3 Å². The standard InChI is InChI=1S/C18H26N2O2/c1-2-3-14-12-17(14)19-18(22)13-4-6-15(7-5-13)20-10-8-16(21)9-11-20/h4-7,14,16-17,21H,2-3,8-12H2,1H3,(H,19,22). The van der Waals surface area contributed by atoms with Crippen molar-refractivity contribution in [3.05, 3.63) is 29.8 Å². The van der Waals surface area contributed by atoms with Crippen LogP contribution in [-0.4, -0.2) is 36.2 Å². The fourth-order valence-corrected chi connectivity index (χ4v) is 3.31. The van der Waals surface area contributed by atoms with Crippen molar-refractivity contribution >= 4 is 11.6 Å². The van der Waals surface area contributed by atoms with Gasteiger partial charge >= 0.3 is 0 Å². The van der Waals surface area contributed by atoms with Crippen molar-refractivity contribution in [3.8, 4) is 0 Å². The zero-order valence-electron chi connectivity index (χ0n) is 13.3. The monoisotopic (exact) mass is 302 g/mol. The van der Waals surface area contributed by atoms with Crippen molar-refractivity contribution in [2.24, 2.45) is 5.92 Å².